The van der Waals surface area contributed by atoms with Gasteiger partial charge < -0.3 is 45.6 Å². The summed E-state index contributed by atoms with van der Waals surface area (Å²) in [5.74, 6) is 0.559. The maximum atomic E-state index is 13.7. The lowest BCUT2D eigenvalue weighted by Gasteiger charge is -2.48. The van der Waals surface area contributed by atoms with Crippen LogP contribution in [-0.4, -0.2) is 136 Å². The summed E-state index contributed by atoms with van der Waals surface area (Å²) in [6, 6.07) is 17.7. The van der Waals surface area contributed by atoms with Gasteiger partial charge in [0.05, 0.1) is 24.5 Å². The smallest absolute Gasteiger partial charge is 0.320 e. The molecular weight excluding hydrogens is 903 g/mol. The molecule has 0 radical (unpaired) electrons. The third kappa shape index (κ3) is 11.1. The average Bonchev–Trinajstić information content (AvgIpc) is 3.69. The molecule has 18 heteroatoms. The summed E-state index contributed by atoms with van der Waals surface area (Å²) in [6.07, 6.45) is 8.13. The highest BCUT2D eigenvalue weighted by molar-refractivity contribution is 6.05. The van der Waals surface area contributed by atoms with Gasteiger partial charge in [-0.25, -0.2) is 14.8 Å². The Bertz CT molecular complexity index is 2680. The molecule has 0 saturated carbocycles. The van der Waals surface area contributed by atoms with Crippen molar-refractivity contribution in [2.45, 2.75) is 91.3 Å². The number of carbonyl (C=O) groups is 6. The largest absolute Gasteiger partial charge is 0.483 e. The number of piperidine rings is 3. The molecule has 7 heterocycles. The zero-order valence-electron chi connectivity index (χ0n) is 41.2. The van der Waals surface area contributed by atoms with Gasteiger partial charge in [-0.15, -0.1) is 0 Å². The molecule has 0 bridgehead atoms. The quantitative estimate of drug-likeness (QED) is 0.134. The third-order valence-electron chi connectivity index (χ3n) is 14.8. The molecule has 5 aliphatic heterocycles. The minimum Gasteiger partial charge on any atom is -0.483 e. The topological polar surface area (TPSA) is 216 Å². The van der Waals surface area contributed by atoms with Gasteiger partial charge in [0.1, 0.15) is 23.4 Å². The zero-order valence-corrected chi connectivity index (χ0v) is 41.2. The molecule has 4 fully saturated rings. The van der Waals surface area contributed by atoms with Crippen molar-refractivity contribution >= 4 is 58.6 Å². The normalized spacial score (nSPS) is 19.6. The minimum atomic E-state index is -0.728. The molecule has 1 spiro atoms. The SMILES string of the molecule is Cc1cc(NC(=O)[C@H](N)CC(C)(C)C)ccc1-c1ccnc(Nc2ccc(N3CCN(C(=O)N4CCC5(CCN(C(=O)COc6cccc7c6CN(C6CCC(=O)NC6=O)C7=O)CC5)CC4)CC3)nc2)c1. The van der Waals surface area contributed by atoms with E-state index in [1.807, 2.05) is 64.1 Å². The van der Waals surface area contributed by atoms with E-state index in [9.17, 15) is 28.8 Å². The molecule has 0 aliphatic carbocycles. The van der Waals surface area contributed by atoms with Crippen molar-refractivity contribution in [1.82, 2.24) is 34.9 Å². The second-order valence-electron chi connectivity index (χ2n) is 20.9. The number of imide groups is 1. The van der Waals surface area contributed by atoms with Gasteiger partial charge >= 0.3 is 6.03 Å². The number of nitrogens with one attached hydrogen (secondary N) is 3. The van der Waals surface area contributed by atoms with Crippen LogP contribution in [0.5, 0.6) is 5.75 Å². The standard InChI is InChI=1S/C53H65N11O7/c1-34-28-36(58-48(67)41(54)30-52(2,3)4)8-10-38(34)35-14-19-55-44(29-35)57-37-9-12-45(56-31-37)60-24-26-63(27-25-60)51(70)62-22-17-53(18-23-62)15-20-61(21-16-53)47(66)33-71-43-7-5-6-39-40(43)32-64(50(39)69)42-11-13-46(65)59-49(42)68/h5-10,12,14,19,28-29,31,41-42H,11,13,15-18,20-27,30,32-33,54H2,1-4H3,(H,55,57)(H,58,67)(H,59,65,68)/t41-,42?/m1/s1. The molecule has 2 aromatic heterocycles. The van der Waals surface area contributed by atoms with Crippen LogP contribution >= 0.6 is 0 Å². The summed E-state index contributed by atoms with van der Waals surface area (Å²) < 4.78 is 6.03. The first kappa shape index (κ1) is 48.9. The van der Waals surface area contributed by atoms with E-state index in [0.29, 0.717) is 87.2 Å². The Balaban J connectivity index is 0.696. The highest BCUT2D eigenvalue weighted by Crippen LogP contribution is 2.42. The molecule has 2 aromatic carbocycles. The fourth-order valence-electron chi connectivity index (χ4n) is 10.7. The number of likely N-dealkylation sites (tertiary alicyclic amines) is 2. The fourth-order valence-corrected chi connectivity index (χ4v) is 10.7. The van der Waals surface area contributed by atoms with E-state index in [1.165, 1.54) is 4.90 Å². The summed E-state index contributed by atoms with van der Waals surface area (Å²) >= 11 is 0. The van der Waals surface area contributed by atoms with Crippen LogP contribution in [0.1, 0.15) is 87.2 Å². The number of nitrogens with two attached hydrogens (primary N) is 1. The van der Waals surface area contributed by atoms with Crippen LogP contribution in [0.4, 0.5) is 27.8 Å². The van der Waals surface area contributed by atoms with Gasteiger partial charge in [0.2, 0.25) is 17.7 Å². The number of benzene rings is 2. The van der Waals surface area contributed by atoms with Gasteiger partial charge in [0.25, 0.3) is 11.8 Å². The van der Waals surface area contributed by atoms with Gasteiger partial charge in [-0.1, -0.05) is 32.9 Å². The number of nitrogens with zero attached hydrogens (tertiary/aromatic N) is 7. The number of anilines is 4. The monoisotopic (exact) mass is 968 g/mol. The molecule has 5 aliphatic rings. The number of urea groups is 1. The van der Waals surface area contributed by atoms with E-state index in [0.717, 1.165) is 53.9 Å². The maximum Gasteiger partial charge on any atom is 0.320 e. The third-order valence-corrected chi connectivity index (χ3v) is 14.8. The number of hydrogen-bond acceptors (Lipinski definition) is 12. The van der Waals surface area contributed by atoms with Crippen molar-refractivity contribution in [3.05, 3.63) is 89.7 Å². The number of carbonyl (C=O) groups excluding carboxylic acids is 6. The molecule has 18 nitrogen and oxygen atoms in total. The summed E-state index contributed by atoms with van der Waals surface area (Å²) in [7, 11) is 0. The van der Waals surface area contributed by atoms with Crippen LogP contribution in [0.3, 0.4) is 0 Å². The number of aryl methyl sites for hydroxylation is 1. The van der Waals surface area contributed by atoms with Gasteiger partial charge in [-0.3, -0.25) is 29.3 Å². The summed E-state index contributed by atoms with van der Waals surface area (Å²) in [5.41, 5.74) is 11.8. The maximum absolute atomic E-state index is 13.7. The van der Waals surface area contributed by atoms with Crippen molar-refractivity contribution in [3.8, 4) is 16.9 Å². The first-order valence-corrected chi connectivity index (χ1v) is 24.8. The first-order chi connectivity index (χ1) is 34.0. The summed E-state index contributed by atoms with van der Waals surface area (Å²) in [5, 5.41) is 8.67. The Kier molecular flexibility index (Phi) is 14.0. The number of fused-ring (bicyclic) bond motifs is 1. The second kappa shape index (κ2) is 20.3. The van der Waals surface area contributed by atoms with Crippen LogP contribution in [0.2, 0.25) is 0 Å². The molecule has 7 amide bonds. The number of aromatic nitrogens is 2. The van der Waals surface area contributed by atoms with Gasteiger partial charge in [0.15, 0.2) is 6.61 Å². The highest BCUT2D eigenvalue weighted by atomic mass is 16.5. The van der Waals surface area contributed by atoms with E-state index in [1.54, 1.807) is 30.6 Å². The Morgan fingerprint density at radius 3 is 2.23 bits per heavy atom. The molecule has 5 N–H and O–H groups in total. The number of pyridine rings is 2. The number of ether oxygens (including phenoxy) is 1. The second-order valence-corrected chi connectivity index (χ2v) is 20.9. The molecule has 4 saturated heterocycles. The predicted molar refractivity (Wildman–Crippen MR) is 269 cm³/mol. The van der Waals surface area contributed by atoms with Gasteiger partial charge in [0, 0.05) is 81.8 Å². The Morgan fingerprint density at radius 2 is 1.55 bits per heavy atom. The molecule has 1 unspecified atom stereocenters. The van der Waals surface area contributed by atoms with E-state index in [2.05, 4.69) is 46.6 Å². The fraction of sp³-hybridized carbons (Fsp3) is 0.472. The Morgan fingerprint density at radius 1 is 0.845 bits per heavy atom. The molecule has 9 rings (SSSR count). The van der Waals surface area contributed by atoms with Crippen LogP contribution in [0.15, 0.2) is 73.1 Å². The molecule has 374 valence electrons. The van der Waals surface area contributed by atoms with Crippen LogP contribution < -0.4 is 31.3 Å². The van der Waals surface area contributed by atoms with Gasteiger partial charge in [-0.2, -0.15) is 0 Å². The molecule has 4 aromatic rings. The van der Waals surface area contributed by atoms with Crippen molar-refractivity contribution in [1.29, 1.82) is 0 Å². The lowest BCUT2D eigenvalue weighted by Crippen LogP contribution is -2.56. The average molecular weight is 968 g/mol. The Hall–Kier alpha value is -7.08. The number of hydrogen-bond donors (Lipinski definition) is 4. The first-order valence-electron chi connectivity index (χ1n) is 24.8. The lowest BCUT2D eigenvalue weighted by atomic mass is 9.71. The van der Waals surface area contributed by atoms with Crippen molar-refractivity contribution in [2.75, 3.05) is 74.5 Å². The zero-order chi connectivity index (χ0) is 50.0. The molecule has 71 heavy (non-hydrogen) atoms. The number of piperazine rings is 1. The van der Waals surface area contributed by atoms with Crippen molar-refractivity contribution in [3.63, 3.8) is 0 Å². The van der Waals surface area contributed by atoms with E-state index >= 15 is 0 Å². The number of amides is 7. The van der Waals surface area contributed by atoms with Crippen LogP contribution in [0, 0.1) is 17.8 Å². The van der Waals surface area contributed by atoms with E-state index in [4.69, 9.17) is 15.5 Å². The lowest BCUT2D eigenvalue weighted by molar-refractivity contribution is -0.137. The van der Waals surface area contributed by atoms with E-state index in [-0.39, 0.29) is 66.5 Å². The highest BCUT2D eigenvalue weighted by Gasteiger charge is 2.42. The summed E-state index contributed by atoms with van der Waals surface area (Å²) in [4.78, 5) is 96.0. The number of rotatable bonds is 11. The summed E-state index contributed by atoms with van der Waals surface area (Å²) in [6.45, 7) is 13.4. The van der Waals surface area contributed by atoms with Crippen LogP contribution in [-0.2, 0) is 25.7 Å². The van der Waals surface area contributed by atoms with Crippen molar-refractivity contribution < 1.29 is 33.5 Å². The molecular formula is C53H65N11O7. The Labute approximate surface area is 414 Å². The molecule has 2 atom stereocenters. The van der Waals surface area contributed by atoms with E-state index < -0.39 is 18.0 Å². The van der Waals surface area contributed by atoms with Crippen molar-refractivity contribution in [2.24, 2.45) is 16.6 Å². The predicted octanol–water partition coefficient (Wildman–Crippen LogP) is 5.68. The minimum absolute atomic E-state index is 0.0492. The van der Waals surface area contributed by atoms with Gasteiger partial charge in [-0.05, 0) is 121 Å². The van der Waals surface area contributed by atoms with Crippen LogP contribution in [0.25, 0.3) is 11.1 Å².